The van der Waals surface area contributed by atoms with E-state index in [4.69, 9.17) is 9.47 Å². The van der Waals surface area contributed by atoms with Crippen LogP contribution >= 0.6 is 0 Å². The van der Waals surface area contributed by atoms with Crippen molar-refractivity contribution in [2.24, 2.45) is 0 Å². The maximum Gasteiger partial charge on any atom is 0.312 e. The molecule has 1 saturated heterocycles. The van der Waals surface area contributed by atoms with Crippen molar-refractivity contribution in [1.82, 2.24) is 10.2 Å². The zero-order valence-electron chi connectivity index (χ0n) is 21.8. The maximum absolute atomic E-state index is 12.9. The van der Waals surface area contributed by atoms with Crippen LogP contribution in [0.15, 0.2) is 54.3 Å². The van der Waals surface area contributed by atoms with E-state index in [1.54, 1.807) is 6.08 Å². The van der Waals surface area contributed by atoms with Crippen molar-refractivity contribution in [3.05, 3.63) is 76.6 Å². The summed E-state index contributed by atoms with van der Waals surface area (Å²) < 4.78 is 12.3. The number of nitrogens with zero attached hydrogens (tertiary/aromatic N) is 1. The van der Waals surface area contributed by atoms with E-state index < -0.39 is 23.1 Å². The number of aliphatic hydroxyl groups excluding tert-OH is 1. The number of rotatable bonds is 7. The number of piperidine rings is 1. The maximum atomic E-state index is 12.9. The smallest absolute Gasteiger partial charge is 0.312 e. The second-order valence-corrected chi connectivity index (χ2v) is 11.0. The molecule has 1 spiro atoms. The monoisotopic (exact) mass is 518 g/mol. The van der Waals surface area contributed by atoms with Gasteiger partial charge in [0.1, 0.15) is 11.5 Å². The van der Waals surface area contributed by atoms with Gasteiger partial charge in [0.15, 0.2) is 6.10 Å². The number of likely N-dealkylation sites (N-methyl/N-ethyl adjacent to an activating group) is 1. The Hall–Kier alpha value is -3.20. The topological polar surface area (TPSA) is 108 Å². The number of aliphatic hydroxyl groups is 2. The minimum atomic E-state index is -1.07. The minimum Gasteiger partial charge on any atom is -0.481 e. The fraction of sp³-hybridized carbons (Fsp3) is 0.467. The van der Waals surface area contributed by atoms with E-state index in [1.165, 1.54) is 0 Å². The number of likely N-dealkylation sites (tertiary alicyclic amines) is 1. The van der Waals surface area contributed by atoms with Crippen molar-refractivity contribution in [2.45, 2.75) is 68.3 Å². The Morgan fingerprint density at radius 3 is 2.79 bits per heavy atom. The number of amides is 1. The first-order chi connectivity index (χ1) is 18.3. The molecule has 1 amide bonds. The summed E-state index contributed by atoms with van der Waals surface area (Å²) in [6.07, 6.45) is 2.84. The van der Waals surface area contributed by atoms with E-state index in [1.807, 2.05) is 56.4 Å². The molecule has 2 heterocycles. The van der Waals surface area contributed by atoms with Crippen LogP contribution in [-0.4, -0.2) is 64.9 Å². The number of benzene rings is 2. The van der Waals surface area contributed by atoms with Gasteiger partial charge in [0.25, 0.3) is 0 Å². The number of hydrogen-bond acceptors (Lipinski definition) is 7. The van der Waals surface area contributed by atoms with Crippen molar-refractivity contribution >= 4 is 11.9 Å². The Kier molecular flexibility index (Phi) is 6.09. The summed E-state index contributed by atoms with van der Waals surface area (Å²) in [5.41, 5.74) is 1.84. The Bertz CT molecular complexity index is 1310. The Morgan fingerprint density at radius 1 is 1.24 bits per heavy atom. The Morgan fingerprint density at radius 2 is 2.03 bits per heavy atom. The number of carbonyl (C=O) groups is 2. The molecule has 2 bridgehead atoms. The summed E-state index contributed by atoms with van der Waals surface area (Å²) in [4.78, 5) is 27.7. The third kappa shape index (κ3) is 3.54. The van der Waals surface area contributed by atoms with E-state index in [-0.39, 0.29) is 37.4 Å². The van der Waals surface area contributed by atoms with Crippen LogP contribution in [0.4, 0.5) is 0 Å². The number of ether oxygens (including phenoxy) is 2. The van der Waals surface area contributed by atoms with E-state index in [0.717, 1.165) is 23.2 Å². The lowest BCUT2D eigenvalue weighted by atomic mass is 9.50. The number of carbonyl (C=O) groups excluding carboxylic acids is 2. The third-order valence-electron chi connectivity index (χ3n) is 9.18. The predicted molar refractivity (Wildman–Crippen MR) is 139 cm³/mol. The fourth-order valence-electron chi connectivity index (χ4n) is 7.15. The normalized spacial score (nSPS) is 29.5. The van der Waals surface area contributed by atoms with Crippen LogP contribution in [0.5, 0.6) is 5.75 Å². The molecule has 4 aliphatic rings. The van der Waals surface area contributed by atoms with E-state index in [0.29, 0.717) is 36.3 Å². The fourth-order valence-corrected chi connectivity index (χ4v) is 7.15. The zero-order valence-corrected chi connectivity index (χ0v) is 21.8. The summed E-state index contributed by atoms with van der Waals surface area (Å²) in [6, 6.07) is 13.3. The minimum absolute atomic E-state index is 0.0139. The lowest BCUT2D eigenvalue weighted by molar-refractivity contribution is -0.169. The number of nitrogens with one attached hydrogen (secondary N) is 1. The summed E-state index contributed by atoms with van der Waals surface area (Å²) in [5, 5.41) is 25.1. The van der Waals surface area contributed by atoms with Crippen LogP contribution < -0.4 is 10.1 Å². The molecule has 2 aliphatic carbocycles. The van der Waals surface area contributed by atoms with Gasteiger partial charge in [0, 0.05) is 30.1 Å². The molecule has 2 aromatic rings. The molecule has 0 unspecified atom stereocenters. The van der Waals surface area contributed by atoms with Gasteiger partial charge in [0.2, 0.25) is 5.91 Å². The first kappa shape index (κ1) is 25.1. The van der Waals surface area contributed by atoms with Crippen molar-refractivity contribution in [3.8, 4) is 5.75 Å². The van der Waals surface area contributed by atoms with Gasteiger partial charge in [-0.3, -0.25) is 9.59 Å². The highest BCUT2D eigenvalue weighted by atomic mass is 16.6. The summed E-state index contributed by atoms with van der Waals surface area (Å²) in [7, 11) is 2.04. The summed E-state index contributed by atoms with van der Waals surface area (Å²) in [5.74, 6) is 0.0765. The lowest BCUT2D eigenvalue weighted by Gasteiger charge is -2.61. The molecular formula is C30H34N2O6. The summed E-state index contributed by atoms with van der Waals surface area (Å²) >= 11 is 0. The van der Waals surface area contributed by atoms with Crippen molar-refractivity contribution in [3.63, 3.8) is 0 Å². The van der Waals surface area contributed by atoms with Crippen LogP contribution in [0.1, 0.15) is 54.4 Å². The summed E-state index contributed by atoms with van der Waals surface area (Å²) in [6.45, 7) is 2.60. The molecule has 2 aromatic carbocycles. The Labute approximate surface area is 222 Å². The predicted octanol–water partition coefficient (Wildman–Crippen LogP) is 2.31. The van der Waals surface area contributed by atoms with E-state index in [2.05, 4.69) is 10.2 Å². The van der Waals surface area contributed by atoms with Crippen molar-refractivity contribution < 1.29 is 29.3 Å². The molecule has 8 nitrogen and oxygen atoms in total. The molecule has 38 heavy (non-hydrogen) atoms. The lowest BCUT2D eigenvalue weighted by Crippen LogP contribution is -2.74. The number of hydrogen-bond donors (Lipinski definition) is 3. The van der Waals surface area contributed by atoms with Crippen molar-refractivity contribution in [1.29, 1.82) is 0 Å². The highest BCUT2D eigenvalue weighted by Crippen LogP contribution is 2.64. The highest BCUT2D eigenvalue weighted by Gasteiger charge is 2.71. The third-order valence-corrected chi connectivity index (χ3v) is 9.18. The Balaban J connectivity index is 1.20. The number of esters is 1. The molecule has 1 fully saturated rings. The van der Waals surface area contributed by atoms with Gasteiger partial charge in [-0.05, 0) is 50.6 Å². The van der Waals surface area contributed by atoms with Crippen molar-refractivity contribution in [2.75, 3.05) is 20.1 Å². The molecule has 200 valence electrons. The highest BCUT2D eigenvalue weighted by molar-refractivity contribution is 5.83. The van der Waals surface area contributed by atoms with Gasteiger partial charge in [0.05, 0.1) is 30.0 Å². The second kappa shape index (κ2) is 9.22. The van der Waals surface area contributed by atoms with Crippen LogP contribution in [0, 0.1) is 0 Å². The standard InChI is InChI=1S/C30H34N2O6/c1-18(19-6-4-3-5-7-19)28(35)31-14-11-24(34)37-22-10-12-30(36)23-16-20-8-9-21(17-33)26-25(20)29(30,27(22)38-26)13-15-32(23)2/h3-10,18,23,27,33,36H,11-17H2,1-2H3,(H,31,35)/t18-,23-,27+,29+,30-/m1/s1. The molecule has 8 heteroatoms. The quantitative estimate of drug-likeness (QED) is 0.483. The molecule has 5 atom stereocenters. The molecule has 0 radical (unpaired) electrons. The van der Waals surface area contributed by atoms with E-state index >= 15 is 0 Å². The second-order valence-electron chi connectivity index (χ2n) is 11.0. The first-order valence-corrected chi connectivity index (χ1v) is 13.4. The molecule has 6 rings (SSSR count). The van der Waals surface area contributed by atoms with Gasteiger partial charge in [-0.2, -0.15) is 0 Å². The SMILES string of the molecule is C[C@@H](C(=O)NCCC(=O)OC1=CC[C@@]2(O)[C@H]3Cc4ccc(CO)c5c4[C@@]2(CCN3C)[C@H]1O5)c1ccccc1. The van der Waals surface area contributed by atoms with Gasteiger partial charge >= 0.3 is 5.97 Å². The average molecular weight is 519 g/mol. The molecule has 3 N–H and O–H groups in total. The average Bonchev–Trinajstić information content (AvgIpc) is 3.28. The molecule has 2 aliphatic heterocycles. The van der Waals surface area contributed by atoms with E-state index in [9.17, 15) is 19.8 Å². The largest absolute Gasteiger partial charge is 0.481 e. The van der Waals surface area contributed by atoms with Gasteiger partial charge in [-0.1, -0.05) is 42.5 Å². The van der Waals surface area contributed by atoms with Gasteiger partial charge in [-0.25, -0.2) is 0 Å². The molecular weight excluding hydrogens is 484 g/mol. The van der Waals surface area contributed by atoms with Crippen LogP contribution in [0.25, 0.3) is 0 Å². The van der Waals surface area contributed by atoms with Gasteiger partial charge in [-0.15, -0.1) is 0 Å². The van der Waals surface area contributed by atoms with Crippen LogP contribution in [-0.2, 0) is 32.8 Å². The molecule has 0 saturated carbocycles. The van der Waals surface area contributed by atoms with Gasteiger partial charge < -0.3 is 29.9 Å². The van der Waals surface area contributed by atoms with Crippen LogP contribution in [0.2, 0.25) is 0 Å². The first-order valence-electron chi connectivity index (χ1n) is 13.4. The van der Waals surface area contributed by atoms with Crippen LogP contribution in [0.3, 0.4) is 0 Å². The molecule has 0 aromatic heterocycles. The zero-order chi connectivity index (χ0) is 26.7.